The van der Waals surface area contributed by atoms with E-state index in [2.05, 4.69) is 37.2 Å². The normalized spacial score (nSPS) is 10.9. The molecule has 0 spiro atoms. The molecular formula is C14H16N6S. The summed E-state index contributed by atoms with van der Waals surface area (Å²) in [5, 5.41) is 4.19. The average Bonchev–Trinajstić information content (AvgIpc) is 3.00. The van der Waals surface area contributed by atoms with Crippen molar-refractivity contribution in [1.82, 2.24) is 24.9 Å². The monoisotopic (exact) mass is 300 g/mol. The summed E-state index contributed by atoms with van der Waals surface area (Å²) in [6.07, 6.45) is 4.26. The average molecular weight is 300 g/mol. The number of pyridine rings is 1. The highest BCUT2D eigenvalue weighted by Gasteiger charge is 2.07. The summed E-state index contributed by atoms with van der Waals surface area (Å²) in [6.45, 7) is 3.07. The summed E-state index contributed by atoms with van der Waals surface area (Å²) in [4.78, 5) is 20.2. The number of fused-ring (bicyclic) bond motifs is 1. The van der Waals surface area contributed by atoms with Crippen LogP contribution in [0.25, 0.3) is 11.2 Å². The molecule has 3 heterocycles. The molecule has 0 amide bonds. The summed E-state index contributed by atoms with van der Waals surface area (Å²) >= 11 is 1.63. The van der Waals surface area contributed by atoms with E-state index in [0.29, 0.717) is 5.65 Å². The topological polar surface area (TPSA) is 79.4 Å². The van der Waals surface area contributed by atoms with Crippen LogP contribution in [0.2, 0.25) is 0 Å². The highest BCUT2D eigenvalue weighted by molar-refractivity contribution is 7.98. The number of imidazole rings is 1. The maximum Gasteiger partial charge on any atom is 0.181 e. The van der Waals surface area contributed by atoms with Gasteiger partial charge in [-0.25, -0.2) is 19.9 Å². The number of anilines is 1. The minimum absolute atomic E-state index is 0.693. The highest BCUT2D eigenvalue weighted by Crippen LogP contribution is 2.25. The van der Waals surface area contributed by atoms with Gasteiger partial charge in [-0.05, 0) is 18.6 Å². The van der Waals surface area contributed by atoms with Gasteiger partial charge in [0.2, 0.25) is 0 Å². The molecule has 6 nitrogen and oxygen atoms in total. The number of rotatable bonds is 6. The smallest absolute Gasteiger partial charge is 0.181 e. The Morgan fingerprint density at radius 3 is 3.10 bits per heavy atom. The summed E-state index contributed by atoms with van der Waals surface area (Å²) in [5.41, 5.74) is 2.59. The largest absolute Gasteiger partial charge is 0.370 e. The SMILES string of the molecule is CCCNc1cccc(CSc2ncnc3nc[nH]c23)n1. The van der Waals surface area contributed by atoms with Crippen molar-refractivity contribution in [1.29, 1.82) is 0 Å². The van der Waals surface area contributed by atoms with Crippen molar-refractivity contribution in [2.75, 3.05) is 11.9 Å². The Bertz CT molecular complexity index is 726. The highest BCUT2D eigenvalue weighted by atomic mass is 32.2. The molecule has 0 aliphatic heterocycles. The van der Waals surface area contributed by atoms with Crippen molar-refractivity contribution in [3.05, 3.63) is 36.5 Å². The minimum atomic E-state index is 0.693. The van der Waals surface area contributed by atoms with Gasteiger partial charge >= 0.3 is 0 Å². The fourth-order valence-corrected chi connectivity index (χ4v) is 2.77. The lowest BCUT2D eigenvalue weighted by Gasteiger charge is -2.06. The van der Waals surface area contributed by atoms with Gasteiger partial charge in [-0.1, -0.05) is 24.8 Å². The van der Waals surface area contributed by atoms with Crippen LogP contribution in [-0.2, 0) is 5.75 Å². The zero-order valence-corrected chi connectivity index (χ0v) is 12.5. The molecule has 2 N–H and O–H groups in total. The molecule has 0 radical (unpaired) electrons. The van der Waals surface area contributed by atoms with Crippen LogP contribution in [0.15, 0.2) is 35.9 Å². The van der Waals surface area contributed by atoms with E-state index in [4.69, 9.17) is 0 Å². The van der Waals surface area contributed by atoms with E-state index < -0.39 is 0 Å². The third kappa shape index (κ3) is 3.30. The van der Waals surface area contributed by atoms with Crippen LogP contribution in [0.5, 0.6) is 0 Å². The summed E-state index contributed by atoms with van der Waals surface area (Å²) in [7, 11) is 0. The van der Waals surface area contributed by atoms with E-state index >= 15 is 0 Å². The molecule has 0 aliphatic carbocycles. The first kappa shape index (κ1) is 13.8. The molecule has 3 aromatic heterocycles. The lowest BCUT2D eigenvalue weighted by molar-refractivity contribution is 0.965. The predicted molar refractivity (Wildman–Crippen MR) is 84.3 cm³/mol. The molecule has 0 saturated heterocycles. The maximum atomic E-state index is 4.59. The first-order valence-electron chi connectivity index (χ1n) is 6.83. The second-order valence-electron chi connectivity index (χ2n) is 4.51. The van der Waals surface area contributed by atoms with E-state index in [1.807, 2.05) is 18.2 Å². The molecule has 0 unspecified atom stereocenters. The molecule has 0 fully saturated rings. The van der Waals surface area contributed by atoms with E-state index in [9.17, 15) is 0 Å². The Hall–Kier alpha value is -2.15. The fourth-order valence-electron chi connectivity index (χ4n) is 1.91. The Labute approximate surface area is 126 Å². The van der Waals surface area contributed by atoms with Gasteiger partial charge < -0.3 is 10.3 Å². The molecular weight excluding hydrogens is 284 g/mol. The molecule has 0 aromatic carbocycles. The molecule has 0 aliphatic rings. The van der Waals surface area contributed by atoms with Gasteiger partial charge in [0.05, 0.1) is 12.0 Å². The Morgan fingerprint density at radius 1 is 1.24 bits per heavy atom. The third-order valence-corrected chi connectivity index (χ3v) is 3.93. The molecule has 3 rings (SSSR count). The maximum absolute atomic E-state index is 4.59. The zero-order chi connectivity index (χ0) is 14.5. The lowest BCUT2D eigenvalue weighted by Crippen LogP contribution is -2.02. The van der Waals surface area contributed by atoms with Crippen molar-refractivity contribution < 1.29 is 0 Å². The van der Waals surface area contributed by atoms with Crippen LogP contribution < -0.4 is 5.32 Å². The summed E-state index contributed by atoms with van der Waals surface area (Å²) < 4.78 is 0. The fraction of sp³-hybridized carbons (Fsp3) is 0.286. The Balaban J connectivity index is 1.71. The molecule has 3 aromatic rings. The first-order valence-corrected chi connectivity index (χ1v) is 7.82. The molecule has 108 valence electrons. The summed E-state index contributed by atoms with van der Waals surface area (Å²) in [6, 6.07) is 6.03. The summed E-state index contributed by atoms with van der Waals surface area (Å²) in [5.74, 6) is 1.68. The molecule has 0 atom stereocenters. The van der Waals surface area contributed by atoms with E-state index in [0.717, 1.165) is 40.8 Å². The van der Waals surface area contributed by atoms with Crippen molar-refractivity contribution in [2.24, 2.45) is 0 Å². The number of hydrogen-bond donors (Lipinski definition) is 2. The van der Waals surface area contributed by atoms with Crippen molar-refractivity contribution in [3.63, 3.8) is 0 Å². The standard InChI is InChI=1S/C14H16N6S/c1-2-6-15-11-5-3-4-10(20-11)7-21-14-12-13(17-8-16-12)18-9-19-14/h3-5,8-9H,2,6-7H2,1H3,(H,15,20)(H,16,17,18,19). The van der Waals surface area contributed by atoms with Crippen LogP contribution in [0.1, 0.15) is 19.0 Å². The second-order valence-corrected chi connectivity index (χ2v) is 5.47. The number of nitrogens with one attached hydrogen (secondary N) is 2. The molecule has 21 heavy (non-hydrogen) atoms. The van der Waals surface area contributed by atoms with E-state index in [-0.39, 0.29) is 0 Å². The van der Waals surface area contributed by atoms with E-state index in [1.165, 1.54) is 6.33 Å². The predicted octanol–water partition coefficient (Wildman–Crippen LogP) is 2.86. The number of aromatic nitrogens is 5. The number of thioether (sulfide) groups is 1. The number of nitrogens with zero attached hydrogens (tertiary/aromatic N) is 4. The van der Waals surface area contributed by atoms with Crippen molar-refractivity contribution >= 4 is 28.7 Å². The van der Waals surface area contributed by atoms with Gasteiger partial charge in [0.15, 0.2) is 5.65 Å². The van der Waals surface area contributed by atoms with Gasteiger partial charge in [0.1, 0.15) is 22.7 Å². The first-order chi connectivity index (χ1) is 10.4. The quantitative estimate of drug-likeness (QED) is 0.538. The van der Waals surface area contributed by atoms with Gasteiger partial charge in [-0.3, -0.25) is 0 Å². The minimum Gasteiger partial charge on any atom is -0.370 e. The van der Waals surface area contributed by atoms with Crippen molar-refractivity contribution in [3.8, 4) is 0 Å². The van der Waals surface area contributed by atoms with Crippen LogP contribution >= 0.6 is 11.8 Å². The lowest BCUT2D eigenvalue weighted by atomic mass is 10.3. The number of H-pyrrole nitrogens is 1. The Morgan fingerprint density at radius 2 is 2.19 bits per heavy atom. The molecule has 0 bridgehead atoms. The number of hydrogen-bond acceptors (Lipinski definition) is 6. The van der Waals surface area contributed by atoms with Crippen LogP contribution in [0.3, 0.4) is 0 Å². The zero-order valence-electron chi connectivity index (χ0n) is 11.7. The van der Waals surface area contributed by atoms with Crippen molar-refractivity contribution in [2.45, 2.75) is 24.1 Å². The molecule has 0 saturated carbocycles. The van der Waals surface area contributed by atoms with Crippen LogP contribution in [-0.4, -0.2) is 31.5 Å². The van der Waals surface area contributed by atoms with Gasteiger partial charge in [-0.2, -0.15) is 0 Å². The van der Waals surface area contributed by atoms with Gasteiger partial charge in [0, 0.05) is 12.3 Å². The van der Waals surface area contributed by atoms with E-state index in [1.54, 1.807) is 18.1 Å². The van der Waals surface area contributed by atoms with Gasteiger partial charge in [0.25, 0.3) is 0 Å². The van der Waals surface area contributed by atoms with Gasteiger partial charge in [-0.15, -0.1) is 0 Å². The van der Waals surface area contributed by atoms with Crippen LogP contribution in [0, 0.1) is 0 Å². The Kier molecular flexibility index (Phi) is 4.30. The number of aromatic amines is 1. The van der Waals surface area contributed by atoms with Crippen LogP contribution in [0.4, 0.5) is 5.82 Å². The second kappa shape index (κ2) is 6.53. The third-order valence-electron chi connectivity index (χ3n) is 2.91. The molecule has 7 heteroatoms.